The molecular formula is C16H18N2O3. The first-order valence-corrected chi connectivity index (χ1v) is 7.01. The summed E-state index contributed by atoms with van der Waals surface area (Å²) >= 11 is 0. The number of fused-ring (bicyclic) bond motifs is 1. The molecule has 1 aromatic heterocycles. The monoisotopic (exact) mass is 286 g/mol. The normalized spacial score (nSPS) is 17.0. The predicted molar refractivity (Wildman–Crippen MR) is 79.3 cm³/mol. The molecule has 1 aromatic carbocycles. The number of nitrogens with one attached hydrogen (secondary N) is 1. The number of hydrogen-bond donors (Lipinski definition) is 1. The second-order valence-corrected chi connectivity index (χ2v) is 5.11. The molecule has 0 spiro atoms. The van der Waals surface area contributed by atoms with Crippen LogP contribution in [0.2, 0.25) is 0 Å². The summed E-state index contributed by atoms with van der Waals surface area (Å²) < 4.78 is 10.9. The molecule has 0 radical (unpaired) electrons. The van der Waals surface area contributed by atoms with Gasteiger partial charge in [-0.25, -0.2) is 0 Å². The van der Waals surface area contributed by atoms with Crippen LogP contribution < -0.4 is 15.0 Å². The lowest BCUT2D eigenvalue weighted by Crippen LogP contribution is -2.46. The summed E-state index contributed by atoms with van der Waals surface area (Å²) in [6.07, 6.45) is 1.60. The number of amides is 1. The molecule has 3 rings (SSSR count). The fourth-order valence-electron chi connectivity index (χ4n) is 2.40. The van der Waals surface area contributed by atoms with Gasteiger partial charge in [-0.1, -0.05) is 12.1 Å². The first kappa shape index (κ1) is 13.5. The van der Waals surface area contributed by atoms with Crippen LogP contribution in [0.1, 0.15) is 12.7 Å². The molecule has 1 aliphatic rings. The van der Waals surface area contributed by atoms with Gasteiger partial charge in [0.25, 0.3) is 0 Å². The molecule has 1 N–H and O–H groups in total. The van der Waals surface area contributed by atoms with E-state index in [0.29, 0.717) is 19.7 Å². The molecule has 0 saturated carbocycles. The minimum absolute atomic E-state index is 0.0325. The number of ether oxygens (including phenoxy) is 1. The number of carbonyl (C=O) groups excluding carboxylic acids is 1. The van der Waals surface area contributed by atoms with Gasteiger partial charge in [0.1, 0.15) is 18.1 Å². The van der Waals surface area contributed by atoms with Crippen LogP contribution in [0, 0.1) is 0 Å². The zero-order valence-corrected chi connectivity index (χ0v) is 11.9. The zero-order chi connectivity index (χ0) is 14.7. The average Bonchev–Trinajstić information content (AvgIpc) is 3.01. The van der Waals surface area contributed by atoms with Crippen LogP contribution in [0.4, 0.5) is 5.69 Å². The van der Waals surface area contributed by atoms with Gasteiger partial charge in [-0.2, -0.15) is 0 Å². The highest BCUT2D eigenvalue weighted by molar-refractivity contribution is 5.82. The number of anilines is 1. The quantitative estimate of drug-likeness (QED) is 0.936. The molecule has 5 heteroatoms. The van der Waals surface area contributed by atoms with Gasteiger partial charge in [0, 0.05) is 0 Å². The van der Waals surface area contributed by atoms with Gasteiger partial charge in [0.05, 0.1) is 31.1 Å². The number of rotatable bonds is 4. The summed E-state index contributed by atoms with van der Waals surface area (Å²) in [5.41, 5.74) is 0.962. The van der Waals surface area contributed by atoms with Crippen LogP contribution in [0.25, 0.3) is 0 Å². The summed E-state index contributed by atoms with van der Waals surface area (Å²) in [7, 11) is 0. The Morgan fingerprint density at radius 1 is 1.33 bits per heavy atom. The Morgan fingerprint density at radius 3 is 3.00 bits per heavy atom. The van der Waals surface area contributed by atoms with Crippen molar-refractivity contribution in [2.45, 2.75) is 19.5 Å². The third kappa shape index (κ3) is 3.02. The second kappa shape index (κ2) is 5.91. The minimum atomic E-state index is -0.0325. The van der Waals surface area contributed by atoms with Crippen molar-refractivity contribution in [2.75, 3.05) is 18.1 Å². The molecule has 2 aromatic rings. The maximum atomic E-state index is 12.1. The summed E-state index contributed by atoms with van der Waals surface area (Å²) in [5.74, 6) is 1.54. The molecule has 0 saturated heterocycles. The molecule has 1 amide bonds. The Morgan fingerprint density at radius 2 is 2.19 bits per heavy atom. The third-order valence-electron chi connectivity index (χ3n) is 3.54. The van der Waals surface area contributed by atoms with Crippen LogP contribution in [0.5, 0.6) is 5.75 Å². The second-order valence-electron chi connectivity index (χ2n) is 5.11. The maximum Gasteiger partial charge on any atom is 0.239 e. The molecule has 1 aliphatic heterocycles. The van der Waals surface area contributed by atoms with E-state index in [1.165, 1.54) is 0 Å². The van der Waals surface area contributed by atoms with Crippen molar-refractivity contribution in [2.24, 2.45) is 0 Å². The predicted octanol–water partition coefficient (Wildman–Crippen LogP) is 2.18. The van der Waals surface area contributed by atoms with E-state index in [1.54, 1.807) is 6.26 Å². The van der Waals surface area contributed by atoms with Gasteiger partial charge in [-0.3, -0.25) is 4.79 Å². The number of benzene rings is 1. The molecule has 110 valence electrons. The summed E-state index contributed by atoms with van der Waals surface area (Å²) in [6.45, 7) is 3.35. The Labute approximate surface area is 123 Å². The van der Waals surface area contributed by atoms with Gasteiger partial charge >= 0.3 is 0 Å². The lowest BCUT2D eigenvalue weighted by atomic mass is 10.1. The van der Waals surface area contributed by atoms with E-state index >= 15 is 0 Å². The minimum Gasteiger partial charge on any atom is -0.489 e. The lowest BCUT2D eigenvalue weighted by molar-refractivity contribution is -0.120. The molecule has 1 atom stereocenters. The summed E-state index contributed by atoms with van der Waals surface area (Å²) in [6, 6.07) is 11.6. The fourth-order valence-corrected chi connectivity index (χ4v) is 2.40. The van der Waals surface area contributed by atoms with Crippen LogP contribution >= 0.6 is 0 Å². The Bertz CT molecular complexity index is 610. The van der Waals surface area contributed by atoms with Crippen molar-refractivity contribution < 1.29 is 13.9 Å². The topological polar surface area (TPSA) is 54.7 Å². The van der Waals surface area contributed by atoms with Crippen LogP contribution in [0.15, 0.2) is 47.1 Å². The van der Waals surface area contributed by atoms with Crippen LogP contribution in [-0.2, 0) is 11.3 Å². The van der Waals surface area contributed by atoms with E-state index < -0.39 is 0 Å². The highest BCUT2D eigenvalue weighted by Gasteiger charge is 2.25. The number of nitrogens with zero attached hydrogens (tertiary/aromatic N) is 1. The van der Waals surface area contributed by atoms with E-state index in [0.717, 1.165) is 17.2 Å². The highest BCUT2D eigenvalue weighted by atomic mass is 16.5. The van der Waals surface area contributed by atoms with Crippen molar-refractivity contribution in [3.8, 4) is 5.75 Å². The Kier molecular flexibility index (Phi) is 3.81. The van der Waals surface area contributed by atoms with E-state index in [4.69, 9.17) is 9.15 Å². The van der Waals surface area contributed by atoms with E-state index in [1.807, 2.05) is 36.4 Å². The number of hydrogen-bond acceptors (Lipinski definition) is 4. The standard InChI is InChI=1S/C16H18N2O3/c1-12-11-21-15-7-3-2-6-14(15)18(12)10-16(19)17-9-13-5-4-8-20-13/h2-8,12H,9-11H2,1H3,(H,17,19)/t12-/m0/s1. The summed E-state index contributed by atoms with van der Waals surface area (Å²) in [5, 5.41) is 2.87. The molecule has 0 unspecified atom stereocenters. The number of carbonyl (C=O) groups is 1. The molecule has 5 nitrogen and oxygen atoms in total. The van der Waals surface area contributed by atoms with Gasteiger partial charge in [-0.15, -0.1) is 0 Å². The van der Waals surface area contributed by atoms with Gasteiger partial charge in [0.2, 0.25) is 5.91 Å². The van der Waals surface area contributed by atoms with E-state index in [-0.39, 0.29) is 11.9 Å². The van der Waals surface area contributed by atoms with Crippen LogP contribution in [0.3, 0.4) is 0 Å². The van der Waals surface area contributed by atoms with Gasteiger partial charge in [0.15, 0.2) is 0 Å². The maximum absolute atomic E-state index is 12.1. The summed E-state index contributed by atoms with van der Waals surface area (Å²) in [4.78, 5) is 14.2. The third-order valence-corrected chi connectivity index (χ3v) is 3.54. The average molecular weight is 286 g/mol. The number of para-hydroxylation sites is 2. The van der Waals surface area contributed by atoms with Crippen molar-refractivity contribution in [1.29, 1.82) is 0 Å². The number of furan rings is 1. The molecule has 0 bridgehead atoms. The van der Waals surface area contributed by atoms with E-state index in [2.05, 4.69) is 17.1 Å². The zero-order valence-electron chi connectivity index (χ0n) is 11.9. The van der Waals surface area contributed by atoms with Crippen molar-refractivity contribution in [3.05, 3.63) is 48.4 Å². The first-order chi connectivity index (χ1) is 10.2. The van der Waals surface area contributed by atoms with Gasteiger partial charge < -0.3 is 19.4 Å². The smallest absolute Gasteiger partial charge is 0.239 e. The highest BCUT2D eigenvalue weighted by Crippen LogP contribution is 2.32. The molecule has 0 aliphatic carbocycles. The van der Waals surface area contributed by atoms with Gasteiger partial charge in [-0.05, 0) is 31.2 Å². The van der Waals surface area contributed by atoms with Crippen molar-refractivity contribution in [3.63, 3.8) is 0 Å². The Balaban J connectivity index is 1.65. The molecule has 0 fully saturated rings. The largest absolute Gasteiger partial charge is 0.489 e. The fraction of sp³-hybridized carbons (Fsp3) is 0.312. The SMILES string of the molecule is C[C@H]1COc2ccccc2N1CC(=O)NCc1ccco1. The van der Waals surface area contributed by atoms with Crippen molar-refractivity contribution in [1.82, 2.24) is 5.32 Å². The van der Waals surface area contributed by atoms with Crippen molar-refractivity contribution >= 4 is 11.6 Å². The Hall–Kier alpha value is -2.43. The molecular weight excluding hydrogens is 268 g/mol. The molecule has 2 heterocycles. The van der Waals surface area contributed by atoms with Crippen LogP contribution in [-0.4, -0.2) is 25.1 Å². The first-order valence-electron chi connectivity index (χ1n) is 7.01. The van der Waals surface area contributed by atoms with E-state index in [9.17, 15) is 4.79 Å². The molecule has 21 heavy (non-hydrogen) atoms. The lowest BCUT2D eigenvalue weighted by Gasteiger charge is -2.36.